The number of thiol groups is 1. The molecule has 0 atom stereocenters. The molecule has 0 N–H and O–H groups in total. The highest BCUT2D eigenvalue weighted by atomic mass is 32.2. The monoisotopic (exact) mass is 288 g/mol. The molecule has 2 rings (SSSR count). The predicted molar refractivity (Wildman–Crippen MR) is 76.5 cm³/mol. The van der Waals surface area contributed by atoms with Gasteiger partial charge >= 0.3 is 0 Å². The molecule has 0 nitrogen and oxygen atoms in total. The first kappa shape index (κ1) is 14.2. The van der Waals surface area contributed by atoms with Crippen molar-refractivity contribution in [2.45, 2.75) is 37.0 Å². The summed E-state index contributed by atoms with van der Waals surface area (Å²) in [6.07, 6.45) is 6.13. The molecule has 0 spiro atoms. The molecule has 1 aliphatic carbocycles. The van der Waals surface area contributed by atoms with Gasteiger partial charge in [-0.3, -0.25) is 0 Å². The van der Waals surface area contributed by atoms with Crippen molar-refractivity contribution in [1.82, 2.24) is 0 Å². The first-order valence-corrected chi connectivity index (χ1v) is 7.96. The van der Waals surface area contributed by atoms with Crippen molar-refractivity contribution in [3.8, 4) is 0 Å². The van der Waals surface area contributed by atoms with E-state index in [1.54, 1.807) is 0 Å². The summed E-state index contributed by atoms with van der Waals surface area (Å²) >= 11 is 5.97. The van der Waals surface area contributed by atoms with Crippen LogP contribution in [0, 0.1) is 17.0 Å². The van der Waals surface area contributed by atoms with E-state index < -0.39 is 11.6 Å². The number of benzene rings is 1. The Bertz CT molecular complexity index is 401. The highest BCUT2D eigenvalue weighted by molar-refractivity contribution is 7.99. The second-order valence-corrected chi connectivity index (χ2v) is 6.42. The largest absolute Gasteiger partial charge is 0.207 e. The zero-order valence-electron chi connectivity index (χ0n) is 10.3. The fourth-order valence-electron chi connectivity index (χ4n) is 2.47. The quantitative estimate of drug-likeness (QED) is 0.605. The number of hydrogen-bond donors (Lipinski definition) is 1. The number of hydrogen-bond acceptors (Lipinski definition) is 2. The van der Waals surface area contributed by atoms with Crippen LogP contribution in [0.15, 0.2) is 23.1 Å². The third kappa shape index (κ3) is 3.41. The third-order valence-corrected chi connectivity index (χ3v) is 5.75. The van der Waals surface area contributed by atoms with Crippen LogP contribution >= 0.6 is 24.4 Å². The molecule has 0 saturated heterocycles. The van der Waals surface area contributed by atoms with Crippen LogP contribution in [0.4, 0.5) is 8.78 Å². The molecule has 18 heavy (non-hydrogen) atoms. The minimum Gasteiger partial charge on any atom is -0.207 e. The summed E-state index contributed by atoms with van der Waals surface area (Å²) in [6, 6.07) is 3.81. The average molecular weight is 288 g/mol. The van der Waals surface area contributed by atoms with E-state index in [4.69, 9.17) is 0 Å². The molecule has 1 saturated carbocycles. The fraction of sp³-hybridized carbons (Fsp3) is 0.571. The summed E-state index contributed by atoms with van der Waals surface area (Å²) in [6.45, 7) is 0. The maximum Gasteiger partial charge on any atom is 0.139 e. The molecule has 0 aromatic heterocycles. The van der Waals surface area contributed by atoms with E-state index >= 15 is 0 Å². The topological polar surface area (TPSA) is 0 Å². The van der Waals surface area contributed by atoms with Crippen LogP contribution in [0.5, 0.6) is 0 Å². The average Bonchev–Trinajstić information content (AvgIpc) is 2.39. The van der Waals surface area contributed by atoms with Gasteiger partial charge in [-0.25, -0.2) is 8.78 Å². The first-order valence-electron chi connectivity index (χ1n) is 6.34. The smallest absolute Gasteiger partial charge is 0.139 e. The summed E-state index contributed by atoms with van der Waals surface area (Å²) in [4.78, 5) is 0.545. The number of rotatable bonds is 4. The van der Waals surface area contributed by atoms with Gasteiger partial charge in [0, 0.05) is 16.7 Å². The van der Waals surface area contributed by atoms with E-state index in [0.717, 1.165) is 17.6 Å². The Balaban J connectivity index is 2.01. The summed E-state index contributed by atoms with van der Waals surface area (Å²) in [7, 11) is 0. The SMILES string of the molecule is Fc1ccc(SCC2(CS)CCCCC2)c(F)c1. The zero-order chi connectivity index (χ0) is 13.0. The summed E-state index contributed by atoms with van der Waals surface area (Å²) < 4.78 is 26.4. The van der Waals surface area contributed by atoms with Gasteiger partial charge in [0.1, 0.15) is 11.6 Å². The van der Waals surface area contributed by atoms with Crippen molar-refractivity contribution in [3.63, 3.8) is 0 Å². The molecule has 1 aliphatic rings. The van der Waals surface area contributed by atoms with E-state index in [2.05, 4.69) is 12.6 Å². The molecule has 4 heteroatoms. The Hall–Kier alpha value is -0.220. The molecule has 0 heterocycles. The van der Waals surface area contributed by atoms with Crippen LogP contribution in [0.25, 0.3) is 0 Å². The zero-order valence-corrected chi connectivity index (χ0v) is 12.0. The maximum absolute atomic E-state index is 13.6. The summed E-state index contributed by atoms with van der Waals surface area (Å²) in [5.41, 5.74) is 0.229. The molecule has 0 aliphatic heterocycles. The van der Waals surface area contributed by atoms with Crippen molar-refractivity contribution in [2.75, 3.05) is 11.5 Å². The van der Waals surface area contributed by atoms with Gasteiger partial charge in [0.25, 0.3) is 0 Å². The molecular weight excluding hydrogens is 270 g/mol. The molecule has 0 radical (unpaired) electrons. The Morgan fingerprint density at radius 2 is 1.89 bits per heavy atom. The van der Waals surface area contributed by atoms with Gasteiger partial charge < -0.3 is 0 Å². The molecule has 0 unspecified atom stereocenters. The van der Waals surface area contributed by atoms with Crippen LogP contribution in [0.3, 0.4) is 0 Å². The van der Waals surface area contributed by atoms with Crippen molar-refractivity contribution in [2.24, 2.45) is 5.41 Å². The number of halogens is 2. The van der Waals surface area contributed by atoms with Gasteiger partial charge in [0.2, 0.25) is 0 Å². The van der Waals surface area contributed by atoms with Gasteiger partial charge in [-0.05, 0) is 36.1 Å². The van der Waals surface area contributed by atoms with Crippen molar-refractivity contribution >= 4 is 24.4 Å². The van der Waals surface area contributed by atoms with Gasteiger partial charge in [-0.15, -0.1) is 11.8 Å². The highest BCUT2D eigenvalue weighted by Gasteiger charge is 2.30. The molecule has 0 amide bonds. The molecule has 0 bridgehead atoms. The molecule has 1 aromatic carbocycles. The van der Waals surface area contributed by atoms with E-state index in [1.165, 1.54) is 56.0 Å². The van der Waals surface area contributed by atoms with Crippen LogP contribution in [0.1, 0.15) is 32.1 Å². The predicted octanol–water partition coefficient (Wildman–Crippen LogP) is 4.94. The Morgan fingerprint density at radius 1 is 1.17 bits per heavy atom. The lowest BCUT2D eigenvalue weighted by molar-refractivity contribution is 0.258. The summed E-state index contributed by atoms with van der Waals surface area (Å²) in [5, 5.41) is 0. The third-order valence-electron chi connectivity index (χ3n) is 3.68. The van der Waals surface area contributed by atoms with Gasteiger partial charge in [-0.1, -0.05) is 19.3 Å². The van der Waals surface area contributed by atoms with Gasteiger partial charge in [0.05, 0.1) is 0 Å². The first-order chi connectivity index (χ1) is 8.65. The number of thioether (sulfide) groups is 1. The highest BCUT2D eigenvalue weighted by Crippen LogP contribution is 2.41. The van der Waals surface area contributed by atoms with Crippen molar-refractivity contribution in [1.29, 1.82) is 0 Å². The van der Waals surface area contributed by atoms with E-state index in [0.29, 0.717) is 4.90 Å². The van der Waals surface area contributed by atoms with Crippen LogP contribution in [-0.2, 0) is 0 Å². The lowest BCUT2D eigenvalue weighted by Crippen LogP contribution is -2.28. The van der Waals surface area contributed by atoms with E-state index in [9.17, 15) is 8.78 Å². The van der Waals surface area contributed by atoms with Gasteiger partial charge in [0.15, 0.2) is 0 Å². The Morgan fingerprint density at radius 3 is 2.50 bits per heavy atom. The molecule has 1 aromatic rings. The lowest BCUT2D eigenvalue weighted by Gasteiger charge is -2.35. The van der Waals surface area contributed by atoms with Crippen LogP contribution in [0.2, 0.25) is 0 Å². The molecule has 1 fully saturated rings. The maximum atomic E-state index is 13.6. The van der Waals surface area contributed by atoms with Crippen molar-refractivity contribution in [3.05, 3.63) is 29.8 Å². The Labute approximate surface area is 117 Å². The normalized spacial score (nSPS) is 18.8. The van der Waals surface area contributed by atoms with Crippen LogP contribution in [-0.4, -0.2) is 11.5 Å². The van der Waals surface area contributed by atoms with Crippen molar-refractivity contribution < 1.29 is 8.78 Å². The minimum absolute atomic E-state index is 0.229. The fourth-order valence-corrected chi connectivity index (χ4v) is 4.27. The van der Waals surface area contributed by atoms with E-state index in [1.807, 2.05) is 0 Å². The van der Waals surface area contributed by atoms with Gasteiger partial charge in [-0.2, -0.15) is 12.6 Å². The van der Waals surface area contributed by atoms with Crippen LogP contribution < -0.4 is 0 Å². The second kappa shape index (κ2) is 6.29. The molecular formula is C14H18F2S2. The minimum atomic E-state index is -0.515. The summed E-state index contributed by atoms with van der Waals surface area (Å²) in [5.74, 6) is 0.755. The standard InChI is InChI=1S/C14H18F2S2/c15-11-4-5-13(12(16)8-11)18-10-14(9-17)6-2-1-3-7-14/h4-5,8,17H,1-3,6-7,9-10H2. The Kier molecular flexibility index (Phi) is 4.96. The van der Waals surface area contributed by atoms with E-state index in [-0.39, 0.29) is 5.41 Å². The molecule has 100 valence electrons. The second-order valence-electron chi connectivity index (χ2n) is 5.08. The lowest BCUT2D eigenvalue weighted by atomic mass is 9.77.